The average Bonchev–Trinajstić information content (AvgIpc) is 3.29. The van der Waals surface area contributed by atoms with Crippen LogP contribution in [0.4, 0.5) is 0 Å². The highest BCUT2D eigenvalue weighted by atomic mass is 35.5. The van der Waals surface area contributed by atoms with Gasteiger partial charge in [-0.3, -0.25) is 9.89 Å². The number of phenolic OH excluding ortho intramolecular Hbond substituents is 1. The van der Waals surface area contributed by atoms with Crippen molar-refractivity contribution < 1.29 is 9.90 Å². The molecule has 1 aliphatic heterocycles. The van der Waals surface area contributed by atoms with Crippen molar-refractivity contribution in [3.05, 3.63) is 105 Å². The summed E-state index contributed by atoms with van der Waals surface area (Å²) in [5, 5.41) is 18.8. The summed E-state index contributed by atoms with van der Waals surface area (Å²) in [6.07, 6.45) is 0. The van der Waals surface area contributed by atoms with E-state index in [1.807, 2.05) is 79.4 Å². The van der Waals surface area contributed by atoms with Gasteiger partial charge in [-0.25, -0.2) is 0 Å². The SMILES string of the molecule is Cc1cc(C)c(-c2n[nH]c3c2C(c2ccccc2)N(Cc2ccccc2Cl)C3=O)c(O)c1. The van der Waals surface area contributed by atoms with E-state index in [1.54, 1.807) is 6.07 Å². The fourth-order valence-corrected chi connectivity index (χ4v) is 4.79. The standard InChI is InChI=1S/C26H22ClN3O2/c1-15-12-16(2)21(20(31)13-15)23-22-24(29-28-23)26(32)30(14-18-10-6-7-11-19(18)27)25(22)17-8-4-3-5-9-17/h3-13,25,31H,14H2,1-2H3,(H,28,29). The highest BCUT2D eigenvalue weighted by molar-refractivity contribution is 6.31. The topological polar surface area (TPSA) is 69.2 Å². The molecule has 0 spiro atoms. The van der Waals surface area contributed by atoms with Gasteiger partial charge in [-0.1, -0.05) is 66.2 Å². The van der Waals surface area contributed by atoms with Crippen molar-refractivity contribution in [2.24, 2.45) is 0 Å². The second-order valence-electron chi connectivity index (χ2n) is 8.17. The van der Waals surface area contributed by atoms with Gasteiger partial charge in [0.05, 0.1) is 6.04 Å². The van der Waals surface area contributed by atoms with Crippen LogP contribution in [0, 0.1) is 13.8 Å². The third-order valence-electron chi connectivity index (χ3n) is 5.97. The molecule has 2 heterocycles. The molecule has 0 bridgehead atoms. The Balaban J connectivity index is 1.69. The molecule has 2 N–H and O–H groups in total. The van der Waals surface area contributed by atoms with Gasteiger partial charge in [0.2, 0.25) is 0 Å². The number of benzene rings is 3. The first kappa shape index (κ1) is 20.3. The summed E-state index contributed by atoms with van der Waals surface area (Å²) >= 11 is 6.42. The highest BCUT2D eigenvalue weighted by Gasteiger charge is 2.42. The number of carbonyl (C=O) groups excluding carboxylic acids is 1. The molecule has 0 radical (unpaired) electrons. The molecule has 0 fully saturated rings. The van der Waals surface area contributed by atoms with E-state index in [1.165, 1.54) is 0 Å². The monoisotopic (exact) mass is 443 g/mol. The van der Waals surface area contributed by atoms with Crippen LogP contribution in [0.5, 0.6) is 5.75 Å². The Morgan fingerprint density at radius 1 is 1.06 bits per heavy atom. The van der Waals surface area contributed by atoms with E-state index in [0.29, 0.717) is 28.5 Å². The van der Waals surface area contributed by atoms with Gasteiger partial charge >= 0.3 is 0 Å². The van der Waals surface area contributed by atoms with E-state index < -0.39 is 0 Å². The molecule has 1 unspecified atom stereocenters. The van der Waals surface area contributed by atoms with Gasteiger partial charge in [-0.2, -0.15) is 5.10 Å². The van der Waals surface area contributed by atoms with Crippen molar-refractivity contribution in [1.29, 1.82) is 0 Å². The maximum absolute atomic E-state index is 13.5. The summed E-state index contributed by atoms with van der Waals surface area (Å²) in [6, 6.07) is 20.8. The maximum Gasteiger partial charge on any atom is 0.273 e. The van der Waals surface area contributed by atoms with Crippen LogP contribution < -0.4 is 0 Å². The van der Waals surface area contributed by atoms with Crippen molar-refractivity contribution in [2.75, 3.05) is 0 Å². The van der Waals surface area contributed by atoms with Crippen molar-refractivity contribution in [1.82, 2.24) is 15.1 Å². The Morgan fingerprint density at radius 3 is 2.50 bits per heavy atom. The maximum atomic E-state index is 13.5. The number of nitrogens with one attached hydrogen (secondary N) is 1. The number of nitrogens with zero attached hydrogens (tertiary/aromatic N) is 2. The Bertz CT molecular complexity index is 1310. The number of aromatic amines is 1. The van der Waals surface area contributed by atoms with E-state index in [4.69, 9.17) is 11.6 Å². The molecule has 0 saturated heterocycles. The van der Waals surface area contributed by atoms with Crippen LogP contribution in [-0.4, -0.2) is 26.1 Å². The molecule has 160 valence electrons. The number of aromatic nitrogens is 2. The fraction of sp³-hybridized carbons (Fsp3) is 0.154. The third kappa shape index (κ3) is 3.26. The van der Waals surface area contributed by atoms with Crippen LogP contribution in [-0.2, 0) is 6.54 Å². The van der Waals surface area contributed by atoms with Crippen LogP contribution in [0.2, 0.25) is 5.02 Å². The fourth-order valence-electron chi connectivity index (χ4n) is 4.60. The molecule has 4 aromatic rings. The quantitative estimate of drug-likeness (QED) is 0.419. The molecule has 6 heteroatoms. The Hall–Kier alpha value is -3.57. The van der Waals surface area contributed by atoms with E-state index in [-0.39, 0.29) is 17.7 Å². The normalized spacial score (nSPS) is 15.3. The minimum atomic E-state index is -0.358. The molecule has 3 aromatic carbocycles. The highest BCUT2D eigenvalue weighted by Crippen LogP contribution is 2.46. The first-order valence-electron chi connectivity index (χ1n) is 10.4. The number of hydrogen-bond acceptors (Lipinski definition) is 3. The number of fused-ring (bicyclic) bond motifs is 1. The zero-order valence-corrected chi connectivity index (χ0v) is 18.5. The molecular weight excluding hydrogens is 422 g/mol. The lowest BCUT2D eigenvalue weighted by atomic mass is 9.93. The second kappa shape index (κ2) is 7.84. The van der Waals surface area contributed by atoms with Crippen molar-refractivity contribution >= 4 is 17.5 Å². The smallest absolute Gasteiger partial charge is 0.273 e. The largest absolute Gasteiger partial charge is 0.507 e. The summed E-state index contributed by atoms with van der Waals surface area (Å²) in [4.78, 5) is 15.3. The van der Waals surface area contributed by atoms with Crippen LogP contribution in [0.1, 0.15) is 44.3 Å². The number of hydrogen-bond donors (Lipinski definition) is 2. The van der Waals surface area contributed by atoms with Gasteiger partial charge in [0.25, 0.3) is 5.91 Å². The summed E-state index contributed by atoms with van der Waals surface area (Å²) in [6.45, 7) is 4.24. The van der Waals surface area contributed by atoms with Gasteiger partial charge < -0.3 is 10.0 Å². The third-order valence-corrected chi connectivity index (χ3v) is 6.34. The summed E-state index contributed by atoms with van der Waals surface area (Å²) < 4.78 is 0. The molecule has 5 nitrogen and oxygen atoms in total. The number of aryl methyl sites for hydroxylation is 2. The van der Waals surface area contributed by atoms with E-state index in [0.717, 1.165) is 27.8 Å². The van der Waals surface area contributed by atoms with Crippen LogP contribution in [0.25, 0.3) is 11.3 Å². The molecule has 32 heavy (non-hydrogen) atoms. The van der Waals surface area contributed by atoms with Gasteiger partial charge in [0, 0.05) is 22.7 Å². The van der Waals surface area contributed by atoms with Crippen LogP contribution >= 0.6 is 11.6 Å². The van der Waals surface area contributed by atoms with Gasteiger partial charge in [0.15, 0.2) is 0 Å². The van der Waals surface area contributed by atoms with Crippen molar-refractivity contribution in [2.45, 2.75) is 26.4 Å². The lowest BCUT2D eigenvalue weighted by Crippen LogP contribution is -2.29. The predicted molar refractivity (Wildman–Crippen MR) is 125 cm³/mol. The molecule has 1 amide bonds. The van der Waals surface area contributed by atoms with E-state index in [2.05, 4.69) is 10.2 Å². The first-order chi connectivity index (χ1) is 15.5. The minimum Gasteiger partial charge on any atom is -0.507 e. The molecule has 1 aliphatic rings. The molecule has 5 rings (SSSR count). The molecule has 1 aromatic heterocycles. The van der Waals surface area contributed by atoms with Gasteiger partial charge in [-0.15, -0.1) is 0 Å². The summed E-state index contributed by atoms with van der Waals surface area (Å²) in [5.41, 5.74) is 6.17. The zero-order chi connectivity index (χ0) is 22.4. The van der Waals surface area contributed by atoms with Crippen LogP contribution in [0.3, 0.4) is 0 Å². The van der Waals surface area contributed by atoms with E-state index in [9.17, 15) is 9.90 Å². The second-order valence-corrected chi connectivity index (χ2v) is 8.58. The van der Waals surface area contributed by atoms with E-state index >= 15 is 0 Å². The number of phenols is 1. The minimum absolute atomic E-state index is 0.142. The van der Waals surface area contributed by atoms with Crippen molar-refractivity contribution in [3.8, 4) is 17.0 Å². The molecular formula is C26H22ClN3O2. The number of halogens is 1. The Morgan fingerprint density at radius 2 is 1.78 bits per heavy atom. The Kier molecular flexibility index (Phi) is 4.98. The van der Waals surface area contributed by atoms with Gasteiger partial charge in [0.1, 0.15) is 17.1 Å². The Labute approximate surface area is 191 Å². The number of aromatic hydroxyl groups is 1. The zero-order valence-electron chi connectivity index (χ0n) is 17.8. The number of amides is 1. The lowest BCUT2D eigenvalue weighted by molar-refractivity contribution is 0.0730. The summed E-state index contributed by atoms with van der Waals surface area (Å²) in [7, 11) is 0. The molecule has 0 aliphatic carbocycles. The number of H-pyrrole nitrogens is 1. The number of rotatable bonds is 4. The molecule has 0 saturated carbocycles. The average molecular weight is 444 g/mol. The predicted octanol–water partition coefficient (Wildman–Crippen LogP) is 5.80. The summed E-state index contributed by atoms with van der Waals surface area (Å²) in [5.74, 6) is 0.0115. The molecule has 1 atom stereocenters. The van der Waals surface area contributed by atoms with Crippen LogP contribution in [0.15, 0.2) is 66.7 Å². The van der Waals surface area contributed by atoms with Crippen molar-refractivity contribution in [3.63, 3.8) is 0 Å². The number of carbonyl (C=O) groups is 1. The lowest BCUT2D eigenvalue weighted by Gasteiger charge is -2.27. The first-order valence-corrected chi connectivity index (χ1v) is 10.8. The van der Waals surface area contributed by atoms with Gasteiger partial charge in [-0.05, 0) is 48.2 Å².